The van der Waals surface area contributed by atoms with Gasteiger partial charge in [-0.15, -0.1) is 0 Å². The Labute approximate surface area is 170 Å². The van der Waals surface area contributed by atoms with Crippen LogP contribution in [-0.4, -0.2) is 24.2 Å². The molecule has 0 fully saturated rings. The Kier molecular flexibility index (Phi) is 8.01. The van der Waals surface area contributed by atoms with E-state index in [1.165, 1.54) is 24.9 Å². The molecular formula is C22H28F2N2OS. The van der Waals surface area contributed by atoms with Crippen LogP contribution < -0.4 is 10.0 Å². The van der Waals surface area contributed by atoms with E-state index in [-0.39, 0.29) is 18.3 Å². The maximum atomic E-state index is 14.9. The number of amides is 1. The SMILES string of the molecule is CC(=O)NCCc1ccc(-c2ccc(C(C)(F)CNSC(C)C)cc2)cc1F. The Balaban J connectivity index is 2.06. The van der Waals surface area contributed by atoms with Gasteiger partial charge in [-0.3, -0.25) is 9.52 Å². The van der Waals surface area contributed by atoms with E-state index in [0.29, 0.717) is 29.3 Å². The number of alkyl halides is 1. The second kappa shape index (κ2) is 10.0. The van der Waals surface area contributed by atoms with Crippen molar-refractivity contribution in [2.75, 3.05) is 13.1 Å². The van der Waals surface area contributed by atoms with Crippen molar-refractivity contribution in [1.82, 2.24) is 10.0 Å². The van der Waals surface area contributed by atoms with Crippen molar-refractivity contribution in [3.05, 3.63) is 59.4 Å². The summed E-state index contributed by atoms with van der Waals surface area (Å²) in [5.74, 6) is -0.438. The minimum Gasteiger partial charge on any atom is -0.356 e. The topological polar surface area (TPSA) is 41.1 Å². The van der Waals surface area contributed by atoms with Gasteiger partial charge in [0, 0.05) is 25.3 Å². The van der Waals surface area contributed by atoms with E-state index in [0.717, 1.165) is 11.1 Å². The van der Waals surface area contributed by atoms with Crippen molar-refractivity contribution in [3.8, 4) is 11.1 Å². The molecule has 0 aliphatic heterocycles. The van der Waals surface area contributed by atoms with Crippen molar-refractivity contribution < 1.29 is 13.6 Å². The van der Waals surface area contributed by atoms with Gasteiger partial charge >= 0.3 is 0 Å². The lowest BCUT2D eigenvalue weighted by molar-refractivity contribution is -0.118. The first-order valence-electron chi connectivity index (χ1n) is 9.40. The van der Waals surface area contributed by atoms with Gasteiger partial charge in [-0.1, -0.05) is 62.2 Å². The largest absolute Gasteiger partial charge is 0.356 e. The molecule has 1 amide bonds. The highest BCUT2D eigenvalue weighted by Gasteiger charge is 2.25. The normalized spacial score (nSPS) is 13.4. The third kappa shape index (κ3) is 6.60. The monoisotopic (exact) mass is 406 g/mol. The Morgan fingerprint density at radius 3 is 2.36 bits per heavy atom. The van der Waals surface area contributed by atoms with Crippen LogP contribution in [0.25, 0.3) is 11.1 Å². The molecule has 0 spiro atoms. The number of carbonyl (C=O) groups excluding carboxylic acids is 1. The number of carbonyl (C=O) groups is 1. The molecule has 6 heteroatoms. The molecule has 1 unspecified atom stereocenters. The zero-order chi connectivity index (χ0) is 20.7. The molecule has 28 heavy (non-hydrogen) atoms. The first kappa shape index (κ1) is 22.4. The number of nitrogens with one attached hydrogen (secondary N) is 2. The molecule has 152 valence electrons. The summed E-state index contributed by atoms with van der Waals surface area (Å²) in [6.07, 6.45) is 0.437. The van der Waals surface area contributed by atoms with Crippen molar-refractivity contribution >= 4 is 17.9 Å². The van der Waals surface area contributed by atoms with Gasteiger partial charge in [0.25, 0.3) is 0 Å². The standard InChI is InChI=1S/C22H28F2N2OS/c1-15(2)28-26-14-22(4,24)20-9-7-17(8-10-20)19-6-5-18(21(23)13-19)11-12-25-16(3)27/h5-10,13,15,26H,11-12,14H2,1-4H3,(H,25,27). The van der Waals surface area contributed by atoms with E-state index in [2.05, 4.69) is 10.0 Å². The zero-order valence-corrected chi connectivity index (χ0v) is 17.6. The summed E-state index contributed by atoms with van der Waals surface area (Å²) in [7, 11) is 0. The van der Waals surface area contributed by atoms with Gasteiger partial charge in [-0.25, -0.2) is 8.78 Å². The highest BCUT2D eigenvalue weighted by atomic mass is 32.2. The molecule has 0 radical (unpaired) electrons. The minimum atomic E-state index is -1.49. The van der Waals surface area contributed by atoms with Crippen LogP contribution in [0.3, 0.4) is 0 Å². The maximum absolute atomic E-state index is 14.9. The molecule has 0 bridgehead atoms. The van der Waals surface area contributed by atoms with Crippen LogP contribution in [0.15, 0.2) is 42.5 Å². The maximum Gasteiger partial charge on any atom is 0.216 e. The Morgan fingerprint density at radius 2 is 1.79 bits per heavy atom. The Morgan fingerprint density at radius 1 is 1.14 bits per heavy atom. The summed E-state index contributed by atoms with van der Waals surface area (Å²) in [4.78, 5) is 10.9. The van der Waals surface area contributed by atoms with E-state index in [9.17, 15) is 13.6 Å². The fourth-order valence-electron chi connectivity index (χ4n) is 2.76. The summed E-state index contributed by atoms with van der Waals surface area (Å²) in [6, 6.07) is 12.2. The zero-order valence-electron chi connectivity index (χ0n) is 16.8. The van der Waals surface area contributed by atoms with E-state index >= 15 is 0 Å². The van der Waals surface area contributed by atoms with Gasteiger partial charge in [-0.05, 0) is 41.7 Å². The third-order valence-corrected chi connectivity index (χ3v) is 5.15. The lowest BCUT2D eigenvalue weighted by Crippen LogP contribution is -2.29. The third-order valence-electron chi connectivity index (χ3n) is 4.36. The molecule has 1 atom stereocenters. The van der Waals surface area contributed by atoms with E-state index in [1.807, 2.05) is 32.0 Å². The summed E-state index contributed by atoms with van der Waals surface area (Å²) in [6.45, 7) is 7.70. The second-order valence-electron chi connectivity index (χ2n) is 7.30. The molecule has 0 saturated heterocycles. The molecule has 0 aromatic heterocycles. The minimum absolute atomic E-state index is 0.130. The molecular weight excluding hydrogens is 378 g/mol. The number of hydrogen-bond donors (Lipinski definition) is 2. The van der Waals surface area contributed by atoms with E-state index in [4.69, 9.17) is 0 Å². The molecule has 2 aromatic carbocycles. The Hall–Kier alpha value is -1.92. The average molecular weight is 407 g/mol. The molecule has 2 aromatic rings. The predicted octanol–water partition coefficient (Wildman–Crippen LogP) is 5.00. The number of benzene rings is 2. The van der Waals surface area contributed by atoms with Crippen LogP contribution in [0.2, 0.25) is 0 Å². The number of halogens is 2. The molecule has 0 aliphatic rings. The Bertz CT molecular complexity index is 792. The van der Waals surface area contributed by atoms with Gasteiger partial charge in [0.15, 0.2) is 0 Å². The first-order valence-corrected chi connectivity index (χ1v) is 10.3. The fourth-order valence-corrected chi connectivity index (χ4v) is 3.45. The van der Waals surface area contributed by atoms with Crippen molar-refractivity contribution in [2.45, 2.75) is 45.0 Å². The molecule has 0 aliphatic carbocycles. The van der Waals surface area contributed by atoms with Gasteiger partial charge < -0.3 is 5.32 Å². The van der Waals surface area contributed by atoms with Crippen LogP contribution >= 0.6 is 11.9 Å². The summed E-state index contributed by atoms with van der Waals surface area (Å²) < 4.78 is 32.4. The van der Waals surface area contributed by atoms with Crippen LogP contribution in [-0.2, 0) is 16.9 Å². The van der Waals surface area contributed by atoms with Gasteiger partial charge in [0.2, 0.25) is 5.91 Å². The van der Waals surface area contributed by atoms with Crippen LogP contribution in [0.5, 0.6) is 0 Å². The highest BCUT2D eigenvalue weighted by Crippen LogP contribution is 2.29. The summed E-state index contributed by atoms with van der Waals surface area (Å²) >= 11 is 1.51. The van der Waals surface area contributed by atoms with Crippen molar-refractivity contribution in [1.29, 1.82) is 0 Å². The highest BCUT2D eigenvalue weighted by molar-refractivity contribution is 7.97. The number of rotatable bonds is 9. The van der Waals surface area contributed by atoms with Gasteiger partial charge in [-0.2, -0.15) is 0 Å². The average Bonchev–Trinajstić information content (AvgIpc) is 2.62. The molecule has 0 heterocycles. The second-order valence-corrected chi connectivity index (χ2v) is 8.77. The quantitative estimate of drug-likeness (QED) is 0.576. The fraction of sp³-hybridized carbons (Fsp3) is 0.409. The number of hydrogen-bond acceptors (Lipinski definition) is 3. The van der Waals surface area contributed by atoms with Crippen molar-refractivity contribution in [3.63, 3.8) is 0 Å². The molecule has 2 N–H and O–H groups in total. The summed E-state index contributed by atoms with van der Waals surface area (Å²) in [5, 5.41) is 3.04. The predicted molar refractivity (Wildman–Crippen MR) is 113 cm³/mol. The lowest BCUT2D eigenvalue weighted by atomic mass is 9.95. The van der Waals surface area contributed by atoms with Crippen molar-refractivity contribution in [2.24, 2.45) is 0 Å². The summed E-state index contributed by atoms with van der Waals surface area (Å²) in [5.41, 5.74) is 1.22. The molecule has 2 rings (SSSR count). The van der Waals surface area contributed by atoms with Crippen LogP contribution in [0.4, 0.5) is 8.78 Å². The van der Waals surface area contributed by atoms with E-state index < -0.39 is 5.67 Å². The van der Waals surface area contributed by atoms with Gasteiger partial charge in [0.1, 0.15) is 11.5 Å². The molecule has 0 saturated carbocycles. The molecule has 3 nitrogen and oxygen atoms in total. The van der Waals surface area contributed by atoms with Gasteiger partial charge in [0.05, 0.1) is 0 Å². The first-order chi connectivity index (χ1) is 13.2. The van der Waals surface area contributed by atoms with Crippen LogP contribution in [0.1, 0.15) is 38.8 Å². The lowest BCUT2D eigenvalue weighted by Gasteiger charge is -2.22. The van der Waals surface area contributed by atoms with Crippen LogP contribution in [0, 0.1) is 5.82 Å². The smallest absolute Gasteiger partial charge is 0.216 e. The van der Waals surface area contributed by atoms with E-state index in [1.54, 1.807) is 25.1 Å².